The first-order valence-electron chi connectivity index (χ1n) is 3.50. The summed E-state index contributed by atoms with van der Waals surface area (Å²) in [5.74, 6) is -1.57. The summed E-state index contributed by atoms with van der Waals surface area (Å²) in [4.78, 5) is 10.2. The molecule has 84 valence electrons. The monoisotopic (exact) mass is 221 g/mol. The third-order valence-electron chi connectivity index (χ3n) is 1.16. The van der Waals surface area contributed by atoms with E-state index >= 15 is 0 Å². The second kappa shape index (κ2) is 5.08. The molecular formula is C6H8F5NO2. The lowest BCUT2D eigenvalue weighted by Gasteiger charge is -2.20. The molecule has 14 heavy (non-hydrogen) atoms. The first-order chi connectivity index (χ1) is 6.20. The quantitative estimate of drug-likeness (QED) is 0.709. The Bertz CT molecular complexity index is 193. The molecule has 0 aromatic rings. The van der Waals surface area contributed by atoms with E-state index < -0.39 is 38.2 Å². The second-order valence-electron chi connectivity index (χ2n) is 2.57. The molecule has 0 aliphatic heterocycles. The van der Waals surface area contributed by atoms with E-state index in [9.17, 15) is 26.7 Å². The van der Waals surface area contributed by atoms with Crippen molar-refractivity contribution in [2.45, 2.75) is 12.6 Å². The Morgan fingerprint density at radius 3 is 2.14 bits per heavy atom. The molecule has 0 saturated carbocycles. The summed E-state index contributed by atoms with van der Waals surface area (Å²) in [6, 6.07) is 0. The van der Waals surface area contributed by atoms with E-state index in [2.05, 4.69) is 0 Å². The molecule has 0 saturated heterocycles. The van der Waals surface area contributed by atoms with Crippen molar-refractivity contribution in [3.8, 4) is 0 Å². The summed E-state index contributed by atoms with van der Waals surface area (Å²) < 4.78 is 58.6. The van der Waals surface area contributed by atoms with Gasteiger partial charge in [0.25, 0.3) is 6.43 Å². The van der Waals surface area contributed by atoms with E-state index in [0.29, 0.717) is 0 Å². The van der Waals surface area contributed by atoms with Gasteiger partial charge in [0.1, 0.15) is 0 Å². The van der Waals surface area contributed by atoms with Crippen LogP contribution in [0.25, 0.3) is 0 Å². The second-order valence-corrected chi connectivity index (χ2v) is 2.57. The fourth-order valence-corrected chi connectivity index (χ4v) is 0.825. The molecule has 0 radical (unpaired) electrons. The van der Waals surface area contributed by atoms with Crippen LogP contribution in [0.3, 0.4) is 0 Å². The maximum absolute atomic E-state index is 11.7. The summed E-state index contributed by atoms with van der Waals surface area (Å²) >= 11 is 0. The number of nitrogens with zero attached hydrogens (tertiary/aromatic N) is 1. The van der Waals surface area contributed by atoms with Gasteiger partial charge in [-0.2, -0.15) is 13.2 Å². The number of rotatable bonds is 5. The minimum Gasteiger partial charge on any atom is -0.480 e. The van der Waals surface area contributed by atoms with E-state index in [1.54, 1.807) is 0 Å². The van der Waals surface area contributed by atoms with E-state index in [0.717, 1.165) is 0 Å². The number of carbonyl (C=O) groups is 1. The van der Waals surface area contributed by atoms with Gasteiger partial charge in [0, 0.05) is 0 Å². The van der Waals surface area contributed by atoms with Gasteiger partial charge in [0.05, 0.1) is 19.6 Å². The van der Waals surface area contributed by atoms with Crippen molar-refractivity contribution < 1.29 is 31.9 Å². The average Bonchev–Trinajstić information content (AvgIpc) is 1.77. The van der Waals surface area contributed by atoms with Crippen molar-refractivity contribution in [2.75, 3.05) is 19.6 Å². The zero-order chi connectivity index (χ0) is 11.4. The van der Waals surface area contributed by atoms with Crippen LogP contribution in [0.2, 0.25) is 0 Å². The highest BCUT2D eigenvalue weighted by Crippen LogP contribution is 2.16. The first kappa shape index (κ1) is 13.1. The van der Waals surface area contributed by atoms with Crippen LogP contribution in [0.15, 0.2) is 0 Å². The van der Waals surface area contributed by atoms with Crippen molar-refractivity contribution in [1.29, 1.82) is 0 Å². The summed E-state index contributed by atoms with van der Waals surface area (Å²) in [5, 5.41) is 8.14. The lowest BCUT2D eigenvalue weighted by atomic mass is 10.4. The molecule has 0 heterocycles. The summed E-state index contributed by atoms with van der Waals surface area (Å²) in [5.41, 5.74) is 0. The van der Waals surface area contributed by atoms with Crippen molar-refractivity contribution in [2.24, 2.45) is 0 Å². The molecule has 0 rings (SSSR count). The maximum atomic E-state index is 11.7. The fraction of sp³-hybridized carbons (Fsp3) is 0.833. The van der Waals surface area contributed by atoms with Crippen molar-refractivity contribution in [3.63, 3.8) is 0 Å². The highest BCUT2D eigenvalue weighted by atomic mass is 19.4. The number of aliphatic carboxylic acids is 1. The van der Waals surface area contributed by atoms with Gasteiger partial charge in [0.2, 0.25) is 0 Å². The molecule has 0 bridgehead atoms. The van der Waals surface area contributed by atoms with Crippen molar-refractivity contribution >= 4 is 5.97 Å². The molecule has 0 aromatic heterocycles. The molecule has 0 fully saturated rings. The minimum atomic E-state index is -4.68. The van der Waals surface area contributed by atoms with Gasteiger partial charge in [-0.1, -0.05) is 0 Å². The molecule has 0 aliphatic rings. The van der Waals surface area contributed by atoms with E-state index in [1.165, 1.54) is 0 Å². The fourth-order valence-electron chi connectivity index (χ4n) is 0.825. The highest BCUT2D eigenvalue weighted by molar-refractivity contribution is 5.69. The highest BCUT2D eigenvalue weighted by Gasteiger charge is 2.32. The van der Waals surface area contributed by atoms with Crippen molar-refractivity contribution in [1.82, 2.24) is 4.90 Å². The van der Waals surface area contributed by atoms with Gasteiger partial charge < -0.3 is 5.11 Å². The number of carboxylic acids is 1. The molecule has 0 amide bonds. The minimum absolute atomic E-state index is 0.132. The molecule has 0 unspecified atom stereocenters. The number of carboxylic acid groups (broad SMARTS) is 1. The Labute approximate surface area is 76.1 Å². The molecule has 0 aliphatic carbocycles. The standard InChI is InChI=1S/C6H8F5NO2/c7-4(8)1-12(2-5(13)14)3-6(9,10)11/h4H,1-3H2,(H,13,14). The Morgan fingerprint density at radius 2 is 1.86 bits per heavy atom. The number of alkyl halides is 5. The van der Waals surface area contributed by atoms with E-state index in [4.69, 9.17) is 5.11 Å². The lowest BCUT2D eigenvalue weighted by Crippen LogP contribution is -2.40. The summed E-state index contributed by atoms with van der Waals surface area (Å²) in [6.07, 6.45) is -7.67. The summed E-state index contributed by atoms with van der Waals surface area (Å²) in [7, 11) is 0. The Kier molecular flexibility index (Phi) is 4.75. The molecule has 3 nitrogen and oxygen atoms in total. The van der Waals surface area contributed by atoms with Crippen LogP contribution in [-0.2, 0) is 4.79 Å². The maximum Gasteiger partial charge on any atom is 0.401 e. The van der Waals surface area contributed by atoms with Crippen molar-refractivity contribution in [3.05, 3.63) is 0 Å². The normalized spacial score (nSPS) is 12.5. The Hall–Kier alpha value is -0.920. The van der Waals surface area contributed by atoms with Crippen LogP contribution >= 0.6 is 0 Å². The van der Waals surface area contributed by atoms with E-state index in [1.807, 2.05) is 0 Å². The van der Waals surface area contributed by atoms with E-state index in [-0.39, 0.29) is 4.90 Å². The number of hydrogen-bond donors (Lipinski definition) is 1. The SMILES string of the molecule is O=C(O)CN(CC(F)F)CC(F)(F)F. The topological polar surface area (TPSA) is 40.5 Å². The van der Waals surface area contributed by atoms with Crippen LogP contribution in [0.5, 0.6) is 0 Å². The smallest absolute Gasteiger partial charge is 0.401 e. The zero-order valence-electron chi connectivity index (χ0n) is 6.89. The molecule has 0 atom stereocenters. The van der Waals surface area contributed by atoms with Gasteiger partial charge in [0.15, 0.2) is 0 Å². The van der Waals surface area contributed by atoms with Gasteiger partial charge in [-0.3, -0.25) is 9.69 Å². The number of halogens is 5. The molecule has 8 heteroatoms. The average molecular weight is 221 g/mol. The number of hydrogen-bond acceptors (Lipinski definition) is 2. The molecule has 0 aromatic carbocycles. The Balaban J connectivity index is 4.17. The van der Waals surface area contributed by atoms with Gasteiger partial charge in [-0.15, -0.1) is 0 Å². The predicted octanol–water partition coefficient (Wildman–Crippen LogP) is 1.20. The molecule has 0 spiro atoms. The van der Waals surface area contributed by atoms with Crippen LogP contribution < -0.4 is 0 Å². The van der Waals surface area contributed by atoms with Crippen LogP contribution in [0.1, 0.15) is 0 Å². The Morgan fingerprint density at radius 1 is 1.36 bits per heavy atom. The molecule has 1 N–H and O–H groups in total. The first-order valence-corrected chi connectivity index (χ1v) is 3.50. The van der Waals surface area contributed by atoms with Crippen LogP contribution in [0.4, 0.5) is 22.0 Å². The summed E-state index contributed by atoms with van der Waals surface area (Å²) in [6.45, 7) is -3.90. The lowest BCUT2D eigenvalue weighted by molar-refractivity contribution is -0.156. The third kappa shape index (κ3) is 7.71. The van der Waals surface area contributed by atoms with Gasteiger partial charge in [-0.25, -0.2) is 8.78 Å². The third-order valence-corrected chi connectivity index (χ3v) is 1.16. The van der Waals surface area contributed by atoms with Gasteiger partial charge in [-0.05, 0) is 0 Å². The van der Waals surface area contributed by atoms with Gasteiger partial charge >= 0.3 is 12.1 Å². The zero-order valence-corrected chi connectivity index (χ0v) is 6.89. The van der Waals surface area contributed by atoms with Crippen LogP contribution in [0, 0.1) is 0 Å². The largest absolute Gasteiger partial charge is 0.480 e. The molecular weight excluding hydrogens is 213 g/mol. The predicted molar refractivity (Wildman–Crippen MR) is 36.1 cm³/mol. The van der Waals surface area contributed by atoms with Crippen LogP contribution in [-0.4, -0.2) is 48.2 Å².